The van der Waals surface area contributed by atoms with Gasteiger partial charge >= 0.3 is 5.97 Å². The van der Waals surface area contributed by atoms with E-state index in [1.54, 1.807) is 18.7 Å². The highest BCUT2D eigenvalue weighted by molar-refractivity contribution is 9.10. The Kier molecular flexibility index (Phi) is 6.72. The van der Waals surface area contributed by atoms with Crippen molar-refractivity contribution >= 4 is 45.3 Å². The summed E-state index contributed by atoms with van der Waals surface area (Å²) in [4.78, 5) is 26.1. The van der Waals surface area contributed by atoms with E-state index in [4.69, 9.17) is 4.74 Å². The molecule has 7 heteroatoms. The number of carbonyl (C=O) groups excluding carboxylic acids is 2. The summed E-state index contributed by atoms with van der Waals surface area (Å²) in [6.45, 7) is 3.05. The smallest absolute Gasteiger partial charge is 0.324 e. The van der Waals surface area contributed by atoms with Crippen LogP contribution >= 0.6 is 27.7 Å². The van der Waals surface area contributed by atoms with Gasteiger partial charge in [0.05, 0.1) is 13.2 Å². The van der Waals surface area contributed by atoms with E-state index in [1.165, 1.54) is 0 Å². The average molecular weight is 387 g/mol. The third-order valence-corrected chi connectivity index (χ3v) is 4.77. The molecule has 0 radical (unpaired) electrons. The van der Waals surface area contributed by atoms with Crippen molar-refractivity contribution < 1.29 is 14.3 Å². The van der Waals surface area contributed by atoms with E-state index >= 15 is 0 Å². The number of hydrogen-bond donors (Lipinski definition) is 1. The van der Waals surface area contributed by atoms with Crippen molar-refractivity contribution in [3.63, 3.8) is 0 Å². The lowest BCUT2D eigenvalue weighted by Gasteiger charge is -2.32. The molecule has 0 aromatic heterocycles. The van der Waals surface area contributed by atoms with Gasteiger partial charge in [-0.05, 0) is 25.1 Å². The van der Waals surface area contributed by atoms with Crippen molar-refractivity contribution in [1.29, 1.82) is 0 Å². The minimum absolute atomic E-state index is 0.126. The lowest BCUT2D eigenvalue weighted by atomic mass is 10.2. The van der Waals surface area contributed by atoms with Crippen molar-refractivity contribution in [1.82, 2.24) is 4.90 Å². The molecule has 0 bridgehead atoms. The summed E-state index contributed by atoms with van der Waals surface area (Å²) in [5, 5.41) is 2.85. The second-order valence-electron chi connectivity index (χ2n) is 4.87. The van der Waals surface area contributed by atoms with E-state index in [0.29, 0.717) is 18.9 Å². The molecular formula is C15H19BrN2O3S. The highest BCUT2D eigenvalue weighted by atomic mass is 79.9. The Morgan fingerprint density at radius 3 is 3.05 bits per heavy atom. The van der Waals surface area contributed by atoms with Crippen LogP contribution in [0.25, 0.3) is 0 Å². The van der Waals surface area contributed by atoms with Crippen molar-refractivity contribution in [3.05, 3.63) is 28.7 Å². The molecular weight excluding hydrogens is 368 g/mol. The molecule has 1 aliphatic heterocycles. The second kappa shape index (κ2) is 8.55. The molecule has 1 heterocycles. The Morgan fingerprint density at radius 1 is 1.50 bits per heavy atom. The first kappa shape index (κ1) is 17.3. The second-order valence-corrected chi connectivity index (χ2v) is 6.94. The molecule has 1 aliphatic rings. The fourth-order valence-electron chi connectivity index (χ4n) is 2.23. The molecule has 0 saturated carbocycles. The number of nitrogens with zero attached hydrogens (tertiary/aromatic N) is 1. The Labute approximate surface area is 142 Å². The lowest BCUT2D eigenvalue weighted by molar-refractivity contribution is -0.148. The normalized spacial score (nSPS) is 18.7. The van der Waals surface area contributed by atoms with Crippen LogP contribution in [-0.2, 0) is 14.3 Å². The summed E-state index contributed by atoms with van der Waals surface area (Å²) in [5.41, 5.74) is 0.735. The van der Waals surface area contributed by atoms with E-state index in [9.17, 15) is 9.59 Å². The first-order chi connectivity index (χ1) is 10.6. The lowest BCUT2D eigenvalue weighted by Crippen LogP contribution is -2.50. The first-order valence-corrected chi connectivity index (χ1v) is 9.08. The number of carbonyl (C=O) groups is 2. The molecule has 1 N–H and O–H groups in total. The summed E-state index contributed by atoms with van der Waals surface area (Å²) in [6.07, 6.45) is 0. The SMILES string of the molecule is CCOC(=O)[C@@H]1CSCCN1CC(=O)Nc1cccc(Br)c1. The van der Waals surface area contributed by atoms with Gasteiger partial charge in [-0.3, -0.25) is 14.5 Å². The molecule has 1 fully saturated rings. The van der Waals surface area contributed by atoms with Gasteiger partial charge in [0.1, 0.15) is 6.04 Å². The predicted molar refractivity (Wildman–Crippen MR) is 92.1 cm³/mol. The number of thioether (sulfide) groups is 1. The molecule has 120 valence electrons. The van der Waals surface area contributed by atoms with Gasteiger partial charge in [0, 0.05) is 28.2 Å². The van der Waals surface area contributed by atoms with Crippen LogP contribution in [0.4, 0.5) is 5.69 Å². The van der Waals surface area contributed by atoms with Gasteiger partial charge in [0.15, 0.2) is 0 Å². The molecule has 1 saturated heterocycles. The standard InChI is InChI=1S/C15H19BrN2O3S/c1-2-21-15(20)13-10-22-7-6-18(13)9-14(19)17-12-5-3-4-11(16)8-12/h3-5,8,13H,2,6-7,9-10H2,1H3,(H,17,19)/t13-/m0/s1. The Hall–Kier alpha value is -1.05. The Morgan fingerprint density at radius 2 is 2.32 bits per heavy atom. The molecule has 1 aromatic carbocycles. The molecule has 0 aliphatic carbocycles. The maximum Gasteiger partial charge on any atom is 0.324 e. The van der Waals surface area contributed by atoms with Gasteiger partial charge in [0.2, 0.25) is 5.91 Å². The van der Waals surface area contributed by atoms with E-state index in [-0.39, 0.29) is 24.5 Å². The van der Waals surface area contributed by atoms with Crippen LogP contribution in [-0.4, -0.2) is 54.0 Å². The molecule has 22 heavy (non-hydrogen) atoms. The van der Waals surface area contributed by atoms with Crippen LogP contribution in [0.15, 0.2) is 28.7 Å². The highest BCUT2D eigenvalue weighted by Crippen LogP contribution is 2.19. The monoisotopic (exact) mass is 386 g/mol. The van der Waals surface area contributed by atoms with E-state index < -0.39 is 0 Å². The van der Waals surface area contributed by atoms with Crippen LogP contribution < -0.4 is 5.32 Å². The first-order valence-electron chi connectivity index (χ1n) is 7.14. The largest absolute Gasteiger partial charge is 0.465 e. The van der Waals surface area contributed by atoms with Crippen molar-refractivity contribution in [3.8, 4) is 0 Å². The molecule has 5 nitrogen and oxygen atoms in total. The summed E-state index contributed by atoms with van der Waals surface area (Å²) in [7, 11) is 0. The number of amides is 1. The zero-order chi connectivity index (χ0) is 15.9. The topological polar surface area (TPSA) is 58.6 Å². The fraction of sp³-hybridized carbons (Fsp3) is 0.467. The highest BCUT2D eigenvalue weighted by Gasteiger charge is 2.31. The zero-order valence-corrected chi connectivity index (χ0v) is 14.8. The number of nitrogens with one attached hydrogen (secondary N) is 1. The third kappa shape index (κ3) is 5.00. The van der Waals surface area contributed by atoms with Gasteiger partial charge in [-0.2, -0.15) is 11.8 Å². The van der Waals surface area contributed by atoms with Crippen LogP contribution in [0.1, 0.15) is 6.92 Å². The van der Waals surface area contributed by atoms with Gasteiger partial charge in [-0.1, -0.05) is 22.0 Å². The molecule has 0 unspecified atom stereocenters. The summed E-state index contributed by atoms with van der Waals surface area (Å²) in [5.74, 6) is 1.22. The van der Waals surface area contributed by atoms with Crippen LogP contribution in [0, 0.1) is 0 Å². The van der Waals surface area contributed by atoms with Gasteiger partial charge in [-0.25, -0.2) is 0 Å². The van der Waals surface area contributed by atoms with Crippen LogP contribution in [0.5, 0.6) is 0 Å². The summed E-state index contributed by atoms with van der Waals surface area (Å²) >= 11 is 5.08. The number of anilines is 1. The molecule has 2 rings (SSSR count). The average Bonchev–Trinajstić information content (AvgIpc) is 2.48. The number of halogens is 1. The fourth-order valence-corrected chi connectivity index (χ4v) is 3.73. The number of ether oxygens (including phenoxy) is 1. The maximum absolute atomic E-state index is 12.2. The summed E-state index contributed by atoms with van der Waals surface area (Å²) in [6, 6.07) is 7.09. The minimum Gasteiger partial charge on any atom is -0.465 e. The predicted octanol–water partition coefficient (Wildman–Crippen LogP) is 2.37. The zero-order valence-electron chi connectivity index (χ0n) is 12.4. The van der Waals surface area contributed by atoms with Crippen LogP contribution in [0.2, 0.25) is 0 Å². The molecule has 1 aromatic rings. The van der Waals surface area contributed by atoms with Crippen molar-refractivity contribution in [2.75, 3.05) is 36.5 Å². The Balaban J connectivity index is 1.94. The molecule has 0 spiro atoms. The van der Waals surface area contributed by atoms with Gasteiger partial charge < -0.3 is 10.1 Å². The molecule has 1 amide bonds. The number of hydrogen-bond acceptors (Lipinski definition) is 5. The Bertz CT molecular complexity index is 541. The third-order valence-electron chi connectivity index (χ3n) is 3.25. The minimum atomic E-state index is -0.341. The van der Waals surface area contributed by atoms with Gasteiger partial charge in [-0.15, -0.1) is 0 Å². The summed E-state index contributed by atoms with van der Waals surface area (Å²) < 4.78 is 6.00. The number of esters is 1. The molecule has 1 atom stereocenters. The van der Waals surface area contributed by atoms with E-state index in [2.05, 4.69) is 21.2 Å². The number of rotatable bonds is 5. The van der Waals surface area contributed by atoms with Crippen molar-refractivity contribution in [2.45, 2.75) is 13.0 Å². The van der Waals surface area contributed by atoms with E-state index in [1.807, 2.05) is 29.2 Å². The maximum atomic E-state index is 12.2. The van der Waals surface area contributed by atoms with Crippen molar-refractivity contribution in [2.24, 2.45) is 0 Å². The van der Waals surface area contributed by atoms with Gasteiger partial charge in [0.25, 0.3) is 0 Å². The number of benzene rings is 1. The quantitative estimate of drug-likeness (QED) is 0.787. The van der Waals surface area contributed by atoms with Crippen LogP contribution in [0.3, 0.4) is 0 Å². The van der Waals surface area contributed by atoms with E-state index in [0.717, 1.165) is 15.9 Å².